The van der Waals surface area contributed by atoms with Crippen LogP contribution < -0.4 is 17.4 Å². The fourth-order valence-electron chi connectivity index (χ4n) is 2.56. The molecule has 0 aliphatic carbocycles. The number of aromatic nitrogens is 1. The molecule has 1 aliphatic rings. The molecule has 2 aromatic rings. The molecule has 1 aromatic heterocycles. The molecule has 1 atom stereocenters. The van der Waals surface area contributed by atoms with Crippen molar-refractivity contribution < 1.29 is 42.2 Å². The SMILES string of the molecule is Cc1[nH+]cc2c(c1O)C(c1c(O)ccc(C=O)c1O)OC2.[Cl-]. The molecule has 4 N–H and O–H groups in total. The van der Waals surface area contributed by atoms with Gasteiger partial charge in [0.25, 0.3) is 0 Å². The number of hydrogen-bond donors (Lipinski definition) is 3. The fourth-order valence-corrected chi connectivity index (χ4v) is 2.56. The van der Waals surface area contributed by atoms with Gasteiger partial charge in [-0.15, -0.1) is 0 Å². The van der Waals surface area contributed by atoms with Gasteiger partial charge in [0.15, 0.2) is 18.2 Å². The van der Waals surface area contributed by atoms with Crippen molar-refractivity contribution in [3.63, 3.8) is 0 Å². The van der Waals surface area contributed by atoms with Crippen molar-refractivity contribution in [1.82, 2.24) is 0 Å². The van der Waals surface area contributed by atoms with Crippen LogP contribution >= 0.6 is 0 Å². The fraction of sp³-hybridized carbons (Fsp3) is 0.200. The van der Waals surface area contributed by atoms with Crippen LogP contribution in [0.4, 0.5) is 0 Å². The molecule has 22 heavy (non-hydrogen) atoms. The lowest BCUT2D eigenvalue weighted by atomic mass is 9.96. The summed E-state index contributed by atoms with van der Waals surface area (Å²) in [5.74, 6) is -0.515. The van der Waals surface area contributed by atoms with Gasteiger partial charge in [0.05, 0.1) is 23.3 Å². The van der Waals surface area contributed by atoms with Gasteiger partial charge >= 0.3 is 0 Å². The predicted octanol–water partition coefficient (Wildman–Crippen LogP) is -1.64. The molecule has 0 bridgehead atoms. The molecule has 2 heterocycles. The number of nitrogens with one attached hydrogen (secondary N) is 1. The van der Waals surface area contributed by atoms with Gasteiger partial charge in [-0.1, -0.05) is 0 Å². The van der Waals surface area contributed by atoms with E-state index in [0.29, 0.717) is 17.5 Å². The van der Waals surface area contributed by atoms with Gasteiger partial charge in [-0.25, -0.2) is 4.98 Å². The number of benzene rings is 1. The van der Waals surface area contributed by atoms with E-state index < -0.39 is 6.10 Å². The molecule has 3 rings (SSSR count). The van der Waals surface area contributed by atoms with E-state index in [2.05, 4.69) is 4.98 Å². The van der Waals surface area contributed by atoms with Crippen LogP contribution in [0.5, 0.6) is 17.2 Å². The average molecular weight is 324 g/mol. The number of aldehydes is 1. The summed E-state index contributed by atoms with van der Waals surface area (Å²) in [7, 11) is 0. The highest BCUT2D eigenvalue weighted by molar-refractivity contribution is 5.81. The van der Waals surface area contributed by atoms with Crippen LogP contribution in [-0.2, 0) is 11.3 Å². The van der Waals surface area contributed by atoms with Crippen LogP contribution in [0.15, 0.2) is 18.3 Å². The van der Waals surface area contributed by atoms with Crippen molar-refractivity contribution >= 4 is 6.29 Å². The third kappa shape index (κ3) is 2.26. The third-order valence-electron chi connectivity index (χ3n) is 3.70. The summed E-state index contributed by atoms with van der Waals surface area (Å²) in [5, 5.41) is 30.4. The molecule has 0 saturated carbocycles. The number of hydrogen-bond acceptors (Lipinski definition) is 5. The van der Waals surface area contributed by atoms with Crippen molar-refractivity contribution in [2.24, 2.45) is 0 Å². The maximum atomic E-state index is 10.9. The first-order valence-electron chi connectivity index (χ1n) is 6.39. The van der Waals surface area contributed by atoms with E-state index >= 15 is 0 Å². The number of phenols is 2. The van der Waals surface area contributed by atoms with Gasteiger partial charge in [0.2, 0.25) is 5.69 Å². The van der Waals surface area contributed by atoms with Crippen LogP contribution in [0.2, 0.25) is 0 Å². The Morgan fingerprint density at radius 3 is 2.64 bits per heavy atom. The molecule has 1 unspecified atom stereocenters. The second-order valence-corrected chi connectivity index (χ2v) is 4.95. The molecule has 6 nitrogen and oxygen atoms in total. The van der Waals surface area contributed by atoms with Gasteiger partial charge in [0, 0.05) is 12.5 Å². The average Bonchev–Trinajstić information content (AvgIpc) is 2.88. The number of aromatic hydroxyl groups is 3. The van der Waals surface area contributed by atoms with Crippen molar-refractivity contribution in [2.45, 2.75) is 19.6 Å². The Morgan fingerprint density at radius 2 is 1.95 bits per heavy atom. The quantitative estimate of drug-likeness (QED) is 0.576. The Hall–Kier alpha value is -2.31. The Labute approximate surface area is 132 Å². The van der Waals surface area contributed by atoms with Gasteiger partial charge in [-0.3, -0.25) is 4.79 Å². The topological polar surface area (TPSA) is 101 Å². The van der Waals surface area contributed by atoms with Crippen molar-refractivity contribution in [3.8, 4) is 17.2 Å². The normalized spacial score (nSPS) is 16.0. The molecule has 7 heteroatoms. The second-order valence-electron chi connectivity index (χ2n) is 4.95. The molecule has 0 spiro atoms. The first-order valence-corrected chi connectivity index (χ1v) is 6.39. The van der Waals surface area contributed by atoms with Crippen LogP contribution in [0.3, 0.4) is 0 Å². The number of fused-ring (bicyclic) bond motifs is 1. The van der Waals surface area contributed by atoms with Crippen LogP contribution in [0.25, 0.3) is 0 Å². The molecular formula is C15H14ClNO5. The molecule has 116 valence electrons. The lowest BCUT2D eigenvalue weighted by Crippen LogP contribution is -3.00. The maximum absolute atomic E-state index is 10.9. The Morgan fingerprint density at radius 1 is 1.23 bits per heavy atom. The molecule has 1 aromatic carbocycles. The molecule has 0 saturated heterocycles. The number of phenolic OH excluding ortho intramolecular Hbond substituents is 2. The van der Waals surface area contributed by atoms with E-state index in [1.165, 1.54) is 12.1 Å². The first-order chi connectivity index (χ1) is 10.0. The Bertz CT molecular complexity index is 747. The Balaban J connectivity index is 0.00000176. The summed E-state index contributed by atoms with van der Waals surface area (Å²) in [6.45, 7) is 1.93. The minimum atomic E-state index is -0.826. The lowest BCUT2D eigenvalue weighted by Gasteiger charge is -2.16. The van der Waals surface area contributed by atoms with Gasteiger partial charge in [-0.05, 0) is 12.1 Å². The van der Waals surface area contributed by atoms with Gasteiger partial charge in [-0.2, -0.15) is 0 Å². The molecular weight excluding hydrogens is 310 g/mol. The number of halogens is 1. The van der Waals surface area contributed by atoms with Crippen molar-refractivity contribution in [3.05, 3.63) is 46.3 Å². The molecule has 1 aliphatic heterocycles. The highest BCUT2D eigenvalue weighted by Crippen LogP contribution is 2.47. The molecule has 0 radical (unpaired) electrons. The van der Waals surface area contributed by atoms with E-state index in [0.717, 1.165) is 5.56 Å². The monoisotopic (exact) mass is 323 g/mol. The predicted molar refractivity (Wildman–Crippen MR) is 71.2 cm³/mol. The summed E-state index contributed by atoms with van der Waals surface area (Å²) >= 11 is 0. The van der Waals surface area contributed by atoms with Crippen molar-refractivity contribution in [2.75, 3.05) is 0 Å². The molecule has 0 fully saturated rings. The number of ether oxygens (including phenoxy) is 1. The summed E-state index contributed by atoms with van der Waals surface area (Å²) in [6, 6.07) is 2.64. The minimum absolute atomic E-state index is 0. The summed E-state index contributed by atoms with van der Waals surface area (Å²) in [4.78, 5) is 13.8. The Kier molecular flexibility index (Phi) is 4.25. The lowest BCUT2D eigenvalue weighted by molar-refractivity contribution is -0.389. The highest BCUT2D eigenvalue weighted by Gasteiger charge is 2.35. The minimum Gasteiger partial charge on any atom is -1.00 e. The number of rotatable bonds is 2. The standard InChI is InChI=1S/C15H13NO5.ClH/c1-7-13(19)11-9(4-16-7)6-21-15(11)12-10(18)3-2-8(5-17)14(12)20;/h2-5,15,18-20H,6H2,1H3;1H. The smallest absolute Gasteiger partial charge is 0.219 e. The van der Waals surface area contributed by atoms with E-state index in [1.807, 2.05) is 0 Å². The highest BCUT2D eigenvalue weighted by atomic mass is 35.5. The van der Waals surface area contributed by atoms with Gasteiger partial charge in [0.1, 0.15) is 17.6 Å². The van der Waals surface area contributed by atoms with E-state index in [1.54, 1.807) is 13.1 Å². The van der Waals surface area contributed by atoms with Crippen molar-refractivity contribution in [1.29, 1.82) is 0 Å². The van der Waals surface area contributed by atoms with E-state index in [-0.39, 0.29) is 47.4 Å². The number of aryl methyl sites for hydroxylation is 1. The maximum Gasteiger partial charge on any atom is 0.219 e. The summed E-state index contributed by atoms with van der Waals surface area (Å²) in [6.07, 6.45) is 1.38. The van der Waals surface area contributed by atoms with Crippen LogP contribution in [0, 0.1) is 6.92 Å². The van der Waals surface area contributed by atoms with Gasteiger partial charge < -0.3 is 32.5 Å². The number of carbonyl (C=O) groups excluding carboxylic acids is 1. The molecule has 0 amide bonds. The number of pyridine rings is 1. The first kappa shape index (κ1) is 16.1. The van der Waals surface area contributed by atoms with E-state index in [9.17, 15) is 20.1 Å². The van der Waals surface area contributed by atoms with Crippen LogP contribution in [0.1, 0.15) is 38.8 Å². The number of H-pyrrole nitrogens is 1. The zero-order valence-electron chi connectivity index (χ0n) is 11.6. The van der Waals surface area contributed by atoms with Crippen LogP contribution in [-0.4, -0.2) is 21.6 Å². The summed E-state index contributed by atoms with van der Waals surface area (Å²) < 4.78 is 5.59. The zero-order valence-corrected chi connectivity index (χ0v) is 12.4. The summed E-state index contributed by atoms with van der Waals surface area (Å²) in [5.41, 5.74) is 1.91. The van der Waals surface area contributed by atoms with E-state index in [4.69, 9.17) is 4.74 Å². The number of carbonyl (C=O) groups is 1. The zero-order chi connectivity index (χ0) is 15.1. The second kappa shape index (κ2) is 5.82. The largest absolute Gasteiger partial charge is 1.00 e. The third-order valence-corrected chi connectivity index (χ3v) is 3.70. The number of aromatic amines is 1.